The zero-order valence-electron chi connectivity index (χ0n) is 30.9. The number of ether oxygens (including phenoxy) is 8. The van der Waals surface area contributed by atoms with Crippen LogP contribution >= 0.6 is 0 Å². The number of rotatable bonds is 10. The molecular formula is C45H34O12. The maximum atomic E-state index is 13.6. The van der Waals surface area contributed by atoms with Gasteiger partial charge in [-0.05, 0) is 128 Å². The molecule has 0 fully saturated rings. The third-order valence-electron chi connectivity index (χ3n) is 8.69. The minimum atomic E-state index is -0.712. The van der Waals surface area contributed by atoms with Crippen LogP contribution in [0.3, 0.4) is 0 Å². The fourth-order valence-corrected chi connectivity index (χ4v) is 5.78. The summed E-state index contributed by atoms with van der Waals surface area (Å²) in [7, 11) is 3.06. The third kappa shape index (κ3) is 8.71. The summed E-state index contributed by atoms with van der Waals surface area (Å²) >= 11 is 0. The Kier molecular flexibility index (Phi) is 11.1. The van der Waals surface area contributed by atoms with Crippen LogP contribution in [-0.4, -0.2) is 50.8 Å². The number of fused-ring (bicyclic) bond motifs is 3. The molecule has 0 aromatic heterocycles. The molecule has 12 heteroatoms. The van der Waals surface area contributed by atoms with Crippen molar-refractivity contribution in [3.63, 3.8) is 0 Å². The van der Waals surface area contributed by atoms with Crippen molar-refractivity contribution in [2.24, 2.45) is 0 Å². The average molecular weight is 767 g/mol. The second kappa shape index (κ2) is 16.8. The van der Waals surface area contributed by atoms with E-state index in [1.807, 2.05) is 6.92 Å². The first-order valence-electron chi connectivity index (χ1n) is 17.6. The van der Waals surface area contributed by atoms with E-state index in [2.05, 4.69) is 0 Å². The molecule has 0 radical (unpaired) electrons. The van der Waals surface area contributed by atoms with E-state index in [0.29, 0.717) is 45.3 Å². The summed E-state index contributed by atoms with van der Waals surface area (Å²) in [6.07, 6.45) is -0.389. The molecule has 286 valence electrons. The summed E-state index contributed by atoms with van der Waals surface area (Å²) in [4.78, 5) is 52.4. The summed E-state index contributed by atoms with van der Waals surface area (Å²) in [5.74, 6) is 0.0203. The Balaban J connectivity index is 1.10. The van der Waals surface area contributed by atoms with Crippen molar-refractivity contribution in [2.75, 3.05) is 20.8 Å². The number of carbonyl (C=O) groups excluding carboxylic acids is 4. The van der Waals surface area contributed by atoms with E-state index in [0.717, 1.165) is 0 Å². The molecule has 6 aromatic carbocycles. The Bertz CT molecular complexity index is 2420. The van der Waals surface area contributed by atoms with Crippen LogP contribution in [-0.2, 0) is 0 Å². The van der Waals surface area contributed by atoms with E-state index in [1.165, 1.54) is 62.8 Å². The number of hydrogen-bond acceptors (Lipinski definition) is 12. The van der Waals surface area contributed by atoms with Gasteiger partial charge < -0.3 is 37.9 Å². The van der Waals surface area contributed by atoms with Gasteiger partial charge >= 0.3 is 23.9 Å². The first-order chi connectivity index (χ1) is 27.7. The number of esters is 4. The highest BCUT2D eigenvalue weighted by atomic mass is 16.6. The number of hydrogen-bond donors (Lipinski definition) is 0. The van der Waals surface area contributed by atoms with Gasteiger partial charge in [0.05, 0.1) is 47.6 Å². The SMILES string of the molecule is COc1ccc(C(=O)Oc2ccc(C(=O)Oc3cccc4c3-c3c(OC(=O)c5ccc(OC(=O)c6ccc(OC)cc6)cc5)cccc3O[C@H](C)CO4)cc2)cc1. The number of carbonyl (C=O) groups is 4. The van der Waals surface area contributed by atoms with Crippen molar-refractivity contribution < 1.29 is 57.1 Å². The highest BCUT2D eigenvalue weighted by Gasteiger charge is 2.28. The first-order valence-corrected chi connectivity index (χ1v) is 17.6. The largest absolute Gasteiger partial charge is 0.497 e. The quantitative estimate of drug-likeness (QED) is 0.0976. The lowest BCUT2D eigenvalue weighted by molar-refractivity contribution is 0.0717. The molecule has 57 heavy (non-hydrogen) atoms. The molecule has 0 spiro atoms. The van der Waals surface area contributed by atoms with Crippen molar-refractivity contribution in [1.29, 1.82) is 0 Å². The lowest BCUT2D eigenvalue weighted by atomic mass is 10.00. The Labute approximate surface area is 327 Å². The van der Waals surface area contributed by atoms with Gasteiger partial charge in [-0.2, -0.15) is 0 Å². The molecule has 0 amide bonds. The van der Waals surface area contributed by atoms with Crippen LogP contribution in [0, 0.1) is 0 Å². The molecule has 12 nitrogen and oxygen atoms in total. The lowest BCUT2D eigenvalue weighted by Crippen LogP contribution is -2.23. The second-order valence-corrected chi connectivity index (χ2v) is 12.6. The highest BCUT2D eigenvalue weighted by molar-refractivity contribution is 5.97. The van der Waals surface area contributed by atoms with Gasteiger partial charge in [-0.1, -0.05) is 12.1 Å². The summed E-state index contributed by atoms with van der Waals surface area (Å²) in [5, 5.41) is 0. The van der Waals surface area contributed by atoms with Crippen LogP contribution in [0.1, 0.15) is 48.4 Å². The van der Waals surface area contributed by atoms with Gasteiger partial charge in [0.1, 0.15) is 58.7 Å². The molecule has 0 aliphatic carbocycles. The van der Waals surface area contributed by atoms with E-state index in [9.17, 15) is 19.2 Å². The first kappa shape index (κ1) is 37.7. The molecule has 0 saturated heterocycles. The van der Waals surface area contributed by atoms with E-state index >= 15 is 0 Å². The third-order valence-corrected chi connectivity index (χ3v) is 8.69. The Hall–Kier alpha value is -7.60. The van der Waals surface area contributed by atoms with Crippen LogP contribution in [0.2, 0.25) is 0 Å². The topological polar surface area (TPSA) is 142 Å². The number of methoxy groups -OCH3 is 2. The predicted molar refractivity (Wildman–Crippen MR) is 206 cm³/mol. The average Bonchev–Trinajstić information content (AvgIpc) is 3.23. The standard InChI is InChI=1S/C45H34O12/c1-27-26-52-36-6-4-8-38(56-44(48)30-14-22-34(23-15-30)54-42(46)28-10-18-32(50-2)19-11-28)40(36)41-37(53-27)7-5-9-39(41)57-45(49)31-16-24-35(25-17-31)55-43(47)29-12-20-33(51-3)21-13-29/h4-25,27H,26H2,1-3H3/t27-/m1/s1. The van der Waals surface area contributed by atoms with E-state index < -0.39 is 23.9 Å². The van der Waals surface area contributed by atoms with Gasteiger partial charge in [0, 0.05) is 0 Å². The van der Waals surface area contributed by atoms with Crippen LogP contribution in [0.4, 0.5) is 0 Å². The molecule has 0 saturated carbocycles. The van der Waals surface area contributed by atoms with Crippen molar-refractivity contribution in [3.8, 4) is 57.1 Å². The van der Waals surface area contributed by atoms with Gasteiger partial charge in [0.25, 0.3) is 0 Å². The summed E-state index contributed by atoms with van der Waals surface area (Å²) in [5.41, 5.74) is 1.64. The van der Waals surface area contributed by atoms with Gasteiger partial charge in [-0.15, -0.1) is 0 Å². The van der Waals surface area contributed by atoms with E-state index in [4.69, 9.17) is 37.9 Å². The van der Waals surface area contributed by atoms with Gasteiger partial charge in [0.15, 0.2) is 0 Å². The monoisotopic (exact) mass is 766 g/mol. The summed E-state index contributed by atoms with van der Waals surface area (Å²) < 4.78 is 45.4. The maximum Gasteiger partial charge on any atom is 0.343 e. The highest BCUT2D eigenvalue weighted by Crippen LogP contribution is 2.49. The molecule has 0 N–H and O–H groups in total. The minimum Gasteiger partial charge on any atom is -0.497 e. The second-order valence-electron chi connectivity index (χ2n) is 12.6. The van der Waals surface area contributed by atoms with Crippen molar-refractivity contribution in [3.05, 3.63) is 156 Å². The normalized spacial score (nSPS) is 12.8. The van der Waals surface area contributed by atoms with E-state index in [-0.39, 0.29) is 46.8 Å². The fourth-order valence-electron chi connectivity index (χ4n) is 5.78. The molecule has 6 aromatic rings. The maximum absolute atomic E-state index is 13.6. The smallest absolute Gasteiger partial charge is 0.343 e. The summed E-state index contributed by atoms with van der Waals surface area (Å²) in [6, 6.07) is 34.7. The van der Waals surface area contributed by atoms with Gasteiger partial charge in [0.2, 0.25) is 0 Å². The van der Waals surface area contributed by atoms with Crippen molar-refractivity contribution in [1.82, 2.24) is 0 Å². The Morgan fingerprint density at radius 3 is 1.21 bits per heavy atom. The Morgan fingerprint density at radius 2 is 0.807 bits per heavy atom. The predicted octanol–water partition coefficient (Wildman–Crippen LogP) is 8.41. The molecular weight excluding hydrogens is 732 g/mol. The lowest BCUT2D eigenvalue weighted by Gasteiger charge is -2.26. The zero-order chi connectivity index (χ0) is 39.9. The molecule has 0 unspecified atom stereocenters. The van der Waals surface area contributed by atoms with Crippen LogP contribution in [0.25, 0.3) is 11.1 Å². The van der Waals surface area contributed by atoms with Crippen molar-refractivity contribution >= 4 is 23.9 Å². The minimum absolute atomic E-state index is 0.109. The summed E-state index contributed by atoms with van der Waals surface area (Å²) in [6.45, 7) is 2.01. The zero-order valence-corrected chi connectivity index (χ0v) is 30.9. The molecule has 7 rings (SSSR count). The number of benzene rings is 6. The van der Waals surface area contributed by atoms with Gasteiger partial charge in [-0.3, -0.25) is 0 Å². The van der Waals surface area contributed by atoms with Crippen LogP contribution in [0.15, 0.2) is 133 Å². The molecule has 0 bridgehead atoms. The van der Waals surface area contributed by atoms with E-state index in [1.54, 1.807) is 84.9 Å². The molecule has 1 atom stereocenters. The van der Waals surface area contributed by atoms with Gasteiger partial charge in [-0.25, -0.2) is 19.2 Å². The molecule has 1 aliphatic heterocycles. The van der Waals surface area contributed by atoms with Crippen molar-refractivity contribution in [2.45, 2.75) is 13.0 Å². The van der Waals surface area contributed by atoms with Crippen LogP contribution in [0.5, 0.6) is 46.0 Å². The fraction of sp³-hybridized carbons (Fsp3) is 0.111. The molecule has 1 aliphatic rings. The van der Waals surface area contributed by atoms with Crippen LogP contribution < -0.4 is 37.9 Å². The molecule has 1 heterocycles. The Morgan fingerprint density at radius 1 is 0.456 bits per heavy atom.